The molecule has 17 heteroatoms. The molecule has 7 N–H and O–H groups in total. The first-order valence-corrected chi connectivity index (χ1v) is 23.2. The molecule has 348 valence electrons. The van der Waals surface area contributed by atoms with Crippen LogP contribution in [0.2, 0.25) is 0 Å². The molecule has 1 unspecified atom stereocenters. The molecule has 7 amide bonds. The molecule has 1 saturated heterocycles. The number of ketones is 1. The molecular weight excluding hydrogens is 851 g/mol. The topological polar surface area (TPSA) is 235 Å². The summed E-state index contributed by atoms with van der Waals surface area (Å²) < 4.78 is 5.42. The van der Waals surface area contributed by atoms with E-state index in [1.54, 1.807) is 55.5 Å². The van der Waals surface area contributed by atoms with Gasteiger partial charge in [-0.05, 0) is 79.3 Å². The van der Waals surface area contributed by atoms with Gasteiger partial charge in [0.15, 0.2) is 0 Å². The number of nitrogens with zero attached hydrogens (tertiary/aromatic N) is 1. The summed E-state index contributed by atoms with van der Waals surface area (Å²) in [4.78, 5) is 111. The second-order valence-electron chi connectivity index (χ2n) is 17.0. The fraction of sp³-hybridized carbons (Fsp3) is 0.458. The largest absolute Gasteiger partial charge is 0.449 e. The predicted molar refractivity (Wildman–Crippen MR) is 244 cm³/mol. The van der Waals surface area contributed by atoms with Gasteiger partial charge in [-0.2, -0.15) is 0 Å². The quantitative estimate of drug-likeness (QED) is 0.0823. The number of hydrogen-bond acceptors (Lipinski definition) is 10. The molecule has 3 aromatic rings. The van der Waals surface area contributed by atoms with Crippen LogP contribution in [0.25, 0.3) is 0 Å². The molecule has 1 aliphatic carbocycles. The number of ether oxygens (including phenoxy) is 1. The number of carbonyl (C=O) groups excluding carboxylic acids is 8. The van der Waals surface area contributed by atoms with Crippen molar-refractivity contribution in [3.05, 3.63) is 96.1 Å². The molecule has 16 nitrogen and oxygen atoms in total. The number of amides is 7. The minimum absolute atomic E-state index is 0.0594. The number of Topliss-reactive ketones (excluding diaryl/α,β-unsaturated/α-hetero) is 1. The van der Waals surface area contributed by atoms with Crippen molar-refractivity contribution in [1.29, 1.82) is 0 Å². The Labute approximate surface area is 384 Å². The van der Waals surface area contributed by atoms with Crippen LogP contribution in [0.1, 0.15) is 94.1 Å². The van der Waals surface area contributed by atoms with E-state index in [9.17, 15) is 38.4 Å². The van der Waals surface area contributed by atoms with Crippen molar-refractivity contribution < 1.29 is 43.1 Å². The molecule has 1 saturated carbocycles. The van der Waals surface area contributed by atoms with Gasteiger partial charge in [0.1, 0.15) is 18.1 Å². The molecule has 5 rings (SSSR count). The maximum atomic E-state index is 14.7. The van der Waals surface area contributed by atoms with Crippen LogP contribution >= 0.6 is 11.8 Å². The maximum Gasteiger partial charge on any atom is 0.407 e. The highest BCUT2D eigenvalue weighted by atomic mass is 32.2. The summed E-state index contributed by atoms with van der Waals surface area (Å²) in [5, 5.41) is 13.2. The van der Waals surface area contributed by atoms with E-state index in [0.717, 1.165) is 29.1 Å². The summed E-state index contributed by atoms with van der Waals surface area (Å²) in [7, 11) is 0. The van der Waals surface area contributed by atoms with Crippen LogP contribution in [0.3, 0.4) is 0 Å². The summed E-state index contributed by atoms with van der Waals surface area (Å²) in [6.07, 6.45) is 3.92. The first kappa shape index (κ1) is 49.8. The Morgan fingerprint density at radius 2 is 1.49 bits per heavy atom. The second kappa shape index (κ2) is 24.7. The lowest BCUT2D eigenvalue weighted by molar-refractivity contribution is -0.143. The van der Waals surface area contributed by atoms with Gasteiger partial charge in [-0.15, -0.1) is 0 Å². The van der Waals surface area contributed by atoms with E-state index in [1.165, 1.54) is 16.7 Å². The molecule has 1 aliphatic heterocycles. The van der Waals surface area contributed by atoms with Crippen molar-refractivity contribution in [3.63, 3.8) is 0 Å². The lowest BCUT2D eigenvalue weighted by atomic mass is 9.83. The van der Waals surface area contributed by atoms with Gasteiger partial charge in [-0.25, -0.2) is 4.79 Å². The van der Waals surface area contributed by atoms with Crippen LogP contribution in [-0.2, 0) is 33.5 Å². The number of benzene rings is 3. The number of primary amides is 1. The van der Waals surface area contributed by atoms with Gasteiger partial charge >= 0.3 is 6.09 Å². The average Bonchev–Trinajstić information content (AvgIpc) is 3.75. The monoisotopic (exact) mass is 911 g/mol. The standard InChI is InChI=1S/C48H61N7O9S/c1-4-15-37(42(57)46(61)51-27-39(56)53-40(43(49)58)32-16-8-5-9-17-32)52-45(60)38-24-31(26-50-44(59)34-20-14-23-36(25-34)65-35-21-12-7-13-22-35)28-55(38)47(62)41(33-18-10-6-11-19-33)54-48(63)64-29-30(2)3/h5,7-9,12-14,16-17,20-23,25,30-31,33,37-38,40-41H,4,6,10-11,15,18-19,24,26-29H2,1-3H3,(H2,49,58)(H,50,59)(H,51,61)(H,52,60)(H,53,56)(H,54,63)/t31-,37?,38-,40-,41-/m0/s1. The van der Waals surface area contributed by atoms with E-state index in [-0.39, 0.29) is 50.3 Å². The number of likely N-dealkylation sites (tertiary alicyclic amines) is 1. The zero-order chi connectivity index (χ0) is 46.9. The van der Waals surface area contributed by atoms with Gasteiger partial charge in [0, 0.05) is 28.4 Å². The molecule has 0 radical (unpaired) electrons. The summed E-state index contributed by atoms with van der Waals surface area (Å²) in [6.45, 7) is 5.23. The van der Waals surface area contributed by atoms with Crippen LogP contribution in [0.15, 0.2) is 94.7 Å². The molecule has 1 heterocycles. The van der Waals surface area contributed by atoms with E-state index >= 15 is 0 Å². The second-order valence-corrected chi connectivity index (χ2v) is 18.1. The van der Waals surface area contributed by atoms with Crippen LogP contribution in [-0.4, -0.2) is 96.6 Å². The van der Waals surface area contributed by atoms with Crippen LogP contribution < -0.4 is 32.3 Å². The Morgan fingerprint density at radius 3 is 2.15 bits per heavy atom. The van der Waals surface area contributed by atoms with E-state index in [1.807, 2.05) is 50.2 Å². The molecule has 2 aliphatic rings. The first-order chi connectivity index (χ1) is 31.2. The average molecular weight is 912 g/mol. The highest BCUT2D eigenvalue weighted by molar-refractivity contribution is 7.99. The summed E-state index contributed by atoms with van der Waals surface area (Å²) in [5.41, 5.74) is 6.37. The smallest absolute Gasteiger partial charge is 0.407 e. The maximum absolute atomic E-state index is 14.7. The number of hydrogen-bond donors (Lipinski definition) is 6. The highest BCUT2D eigenvalue weighted by Gasteiger charge is 2.45. The zero-order valence-corrected chi connectivity index (χ0v) is 38.0. The molecule has 0 aromatic heterocycles. The van der Waals surface area contributed by atoms with Gasteiger partial charge in [0.2, 0.25) is 29.4 Å². The van der Waals surface area contributed by atoms with Crippen molar-refractivity contribution in [2.24, 2.45) is 23.5 Å². The lowest BCUT2D eigenvalue weighted by Gasteiger charge is -2.34. The first-order valence-electron chi connectivity index (χ1n) is 22.3. The fourth-order valence-corrected chi connectivity index (χ4v) is 8.97. The Kier molecular flexibility index (Phi) is 18.9. The number of rotatable bonds is 21. The molecule has 2 fully saturated rings. The van der Waals surface area contributed by atoms with Gasteiger partial charge in [-0.3, -0.25) is 33.6 Å². The summed E-state index contributed by atoms with van der Waals surface area (Å²) in [5.74, 6) is -5.81. The van der Waals surface area contributed by atoms with Crippen molar-refractivity contribution in [3.8, 4) is 0 Å². The van der Waals surface area contributed by atoms with Crippen LogP contribution in [0, 0.1) is 17.8 Å². The third-order valence-corrected chi connectivity index (χ3v) is 12.4. The zero-order valence-electron chi connectivity index (χ0n) is 37.2. The number of nitrogens with two attached hydrogens (primary N) is 1. The molecule has 0 bridgehead atoms. The van der Waals surface area contributed by atoms with Gasteiger partial charge in [0.25, 0.3) is 11.8 Å². The van der Waals surface area contributed by atoms with E-state index in [2.05, 4.69) is 26.6 Å². The molecule has 0 spiro atoms. The highest BCUT2D eigenvalue weighted by Crippen LogP contribution is 2.32. The summed E-state index contributed by atoms with van der Waals surface area (Å²) >= 11 is 1.52. The lowest BCUT2D eigenvalue weighted by Crippen LogP contribution is -2.58. The SMILES string of the molecule is CCCC(NC(=O)[C@@H]1C[C@@H](CNC(=O)c2cccc(Sc3ccccc3)c2)CN1C(=O)[C@@H](NC(=O)OCC(C)C)C1CCCCC1)C(=O)C(=O)NCC(=O)N[C@H](C(N)=O)c1ccccc1. The van der Waals surface area contributed by atoms with Crippen molar-refractivity contribution in [1.82, 2.24) is 31.5 Å². The molecule has 3 aromatic carbocycles. The molecule has 5 atom stereocenters. The molecule has 65 heavy (non-hydrogen) atoms. The number of alkyl carbamates (subject to hydrolysis) is 1. The molecular formula is C48H61N7O9S. The van der Waals surface area contributed by atoms with Crippen molar-refractivity contribution >= 4 is 59.1 Å². The van der Waals surface area contributed by atoms with Crippen molar-refractivity contribution in [2.75, 3.05) is 26.2 Å². The fourth-order valence-electron chi connectivity index (χ4n) is 8.07. The Bertz CT molecular complexity index is 2130. The number of nitrogens with one attached hydrogen (secondary N) is 5. The Balaban J connectivity index is 1.31. The third-order valence-electron chi connectivity index (χ3n) is 11.4. The van der Waals surface area contributed by atoms with Crippen molar-refractivity contribution in [2.45, 2.75) is 106 Å². The third kappa shape index (κ3) is 14.9. The van der Waals surface area contributed by atoms with E-state index < -0.39 is 78.0 Å². The van der Waals surface area contributed by atoms with Crippen LogP contribution in [0.5, 0.6) is 0 Å². The predicted octanol–water partition coefficient (Wildman–Crippen LogP) is 4.43. The minimum Gasteiger partial charge on any atom is -0.449 e. The van der Waals surface area contributed by atoms with Gasteiger partial charge in [-0.1, -0.05) is 113 Å². The Hall–Kier alpha value is -6.23. The van der Waals surface area contributed by atoms with E-state index in [0.29, 0.717) is 30.4 Å². The normalized spacial score (nSPS) is 17.5. The van der Waals surface area contributed by atoms with E-state index in [4.69, 9.17) is 10.5 Å². The van der Waals surface area contributed by atoms with Gasteiger partial charge < -0.3 is 42.0 Å². The van der Waals surface area contributed by atoms with Gasteiger partial charge in [0.05, 0.1) is 19.2 Å². The summed E-state index contributed by atoms with van der Waals surface area (Å²) in [6, 6.07) is 20.7. The number of carbonyl (C=O) groups is 8. The minimum atomic E-state index is -1.31. The Morgan fingerprint density at radius 1 is 0.815 bits per heavy atom. The van der Waals surface area contributed by atoms with Crippen LogP contribution in [0.4, 0.5) is 4.79 Å².